The topological polar surface area (TPSA) is 56.6 Å². The van der Waals surface area contributed by atoms with Gasteiger partial charge in [-0.3, -0.25) is 9.69 Å². The van der Waals surface area contributed by atoms with E-state index in [1.165, 1.54) is 4.90 Å². The summed E-state index contributed by atoms with van der Waals surface area (Å²) in [6.07, 6.45) is 1.73. The van der Waals surface area contributed by atoms with Crippen LogP contribution in [0.1, 0.15) is 5.56 Å². The van der Waals surface area contributed by atoms with Crippen LogP contribution in [-0.2, 0) is 4.79 Å². The first-order valence-electron chi connectivity index (χ1n) is 7.61. The second-order valence-electron chi connectivity index (χ2n) is 5.33. The second kappa shape index (κ2) is 7.16. The van der Waals surface area contributed by atoms with Gasteiger partial charge in [0.1, 0.15) is 17.5 Å². The van der Waals surface area contributed by atoms with E-state index in [0.717, 1.165) is 5.69 Å². The first-order valence-corrected chi connectivity index (χ1v) is 8.02. The molecule has 124 valence electrons. The zero-order chi connectivity index (χ0) is 17.8. The number of hydrogen-bond acceptors (Lipinski definition) is 4. The van der Waals surface area contributed by atoms with Crippen LogP contribution in [0.3, 0.4) is 0 Å². The normalized spacial score (nSPS) is 15.6. The van der Waals surface area contributed by atoms with E-state index in [1.54, 1.807) is 24.1 Å². The van der Waals surface area contributed by atoms with Gasteiger partial charge >= 0.3 is 0 Å². The largest absolute Gasteiger partial charge is 0.478 e. The molecule has 6 heteroatoms. The molecule has 0 bridgehead atoms. The van der Waals surface area contributed by atoms with Gasteiger partial charge in [-0.1, -0.05) is 36.4 Å². The fraction of sp³-hybridized carbons (Fsp3) is 0.105. The maximum absolute atomic E-state index is 12.9. The third-order valence-corrected chi connectivity index (χ3v) is 4.24. The van der Waals surface area contributed by atoms with E-state index in [-0.39, 0.29) is 12.5 Å². The van der Waals surface area contributed by atoms with Crippen LogP contribution in [0.25, 0.3) is 6.08 Å². The Morgan fingerprint density at radius 3 is 2.56 bits per heavy atom. The summed E-state index contributed by atoms with van der Waals surface area (Å²) in [6, 6.07) is 18.5. The van der Waals surface area contributed by atoms with Gasteiger partial charge in [-0.2, -0.15) is 5.26 Å². The van der Waals surface area contributed by atoms with Crippen molar-refractivity contribution in [3.05, 3.63) is 65.9 Å². The monoisotopic (exact) mass is 349 g/mol. The lowest BCUT2D eigenvalue weighted by molar-refractivity contribution is -0.114. The summed E-state index contributed by atoms with van der Waals surface area (Å²) in [5.74, 6) is 0.343. The van der Waals surface area contributed by atoms with Gasteiger partial charge in [-0.15, -0.1) is 0 Å². The van der Waals surface area contributed by atoms with Crippen molar-refractivity contribution in [1.29, 1.82) is 5.26 Å². The number of rotatable bonds is 4. The highest BCUT2D eigenvalue weighted by molar-refractivity contribution is 7.80. The Balaban J connectivity index is 1.98. The fourth-order valence-electron chi connectivity index (χ4n) is 2.55. The Hall–Kier alpha value is -3.17. The molecule has 0 aromatic heterocycles. The Morgan fingerprint density at radius 1 is 1.16 bits per heavy atom. The van der Waals surface area contributed by atoms with E-state index >= 15 is 0 Å². The molecule has 1 amide bonds. The molecule has 1 saturated heterocycles. The van der Waals surface area contributed by atoms with E-state index < -0.39 is 0 Å². The van der Waals surface area contributed by atoms with Crippen LogP contribution in [0.5, 0.6) is 5.75 Å². The van der Waals surface area contributed by atoms with E-state index in [9.17, 15) is 4.79 Å². The molecule has 2 aromatic carbocycles. The number of nitriles is 1. The summed E-state index contributed by atoms with van der Waals surface area (Å²) < 4.78 is 5.42. The highest BCUT2D eigenvalue weighted by Crippen LogP contribution is 2.29. The standard InChI is InChI=1S/C19H15N3O2S/c1-21-16(13-14-7-5-6-10-17(14)24-12-11-20)18(23)22(19(21)25)15-8-3-2-4-9-15/h2-10,13H,12H2,1H3/b16-13-. The number of amides is 1. The lowest BCUT2D eigenvalue weighted by Crippen LogP contribution is -2.30. The number of anilines is 1. The van der Waals surface area contributed by atoms with Crippen molar-refractivity contribution >= 4 is 35.0 Å². The van der Waals surface area contributed by atoms with Crippen LogP contribution < -0.4 is 9.64 Å². The smallest absolute Gasteiger partial charge is 0.281 e. The molecule has 1 heterocycles. The van der Waals surface area contributed by atoms with Gasteiger partial charge in [0.15, 0.2) is 11.7 Å². The number of likely N-dealkylation sites (N-methyl/N-ethyl adjacent to an activating group) is 1. The van der Waals surface area contributed by atoms with E-state index in [2.05, 4.69) is 0 Å². The van der Waals surface area contributed by atoms with Gasteiger partial charge in [0, 0.05) is 12.6 Å². The summed E-state index contributed by atoms with van der Waals surface area (Å²) in [4.78, 5) is 16.1. The highest BCUT2D eigenvalue weighted by atomic mass is 32.1. The number of nitrogens with zero attached hydrogens (tertiary/aromatic N) is 3. The zero-order valence-electron chi connectivity index (χ0n) is 13.5. The summed E-state index contributed by atoms with van der Waals surface area (Å²) in [7, 11) is 1.76. The molecule has 0 aliphatic carbocycles. The molecule has 0 spiro atoms. The molecule has 1 aliphatic rings. The van der Waals surface area contributed by atoms with Gasteiger partial charge in [-0.05, 0) is 36.5 Å². The quantitative estimate of drug-likeness (QED) is 0.627. The maximum atomic E-state index is 12.9. The zero-order valence-corrected chi connectivity index (χ0v) is 14.4. The van der Waals surface area contributed by atoms with Crippen LogP contribution in [0, 0.1) is 11.3 Å². The maximum Gasteiger partial charge on any atom is 0.281 e. The van der Waals surface area contributed by atoms with Crippen LogP contribution in [0.4, 0.5) is 5.69 Å². The molecule has 3 rings (SSSR count). The van der Waals surface area contributed by atoms with E-state index in [0.29, 0.717) is 22.1 Å². The molecule has 0 unspecified atom stereocenters. The molecule has 0 saturated carbocycles. The molecule has 5 nitrogen and oxygen atoms in total. The number of carbonyl (C=O) groups is 1. The van der Waals surface area contributed by atoms with Gasteiger partial charge < -0.3 is 9.64 Å². The number of hydrogen-bond donors (Lipinski definition) is 0. The first-order chi connectivity index (χ1) is 12.1. The lowest BCUT2D eigenvalue weighted by atomic mass is 10.1. The summed E-state index contributed by atoms with van der Waals surface area (Å²) in [5, 5.41) is 9.12. The molecule has 1 fully saturated rings. The van der Waals surface area contributed by atoms with Crippen molar-refractivity contribution in [2.45, 2.75) is 0 Å². The minimum Gasteiger partial charge on any atom is -0.478 e. The van der Waals surface area contributed by atoms with Crippen molar-refractivity contribution in [3.63, 3.8) is 0 Å². The molecule has 2 aromatic rings. The third-order valence-electron chi connectivity index (χ3n) is 3.78. The SMILES string of the molecule is CN1C(=S)N(c2ccccc2)C(=O)/C1=C/c1ccccc1OCC#N. The molecular weight excluding hydrogens is 334 g/mol. The number of para-hydroxylation sites is 2. The van der Waals surface area contributed by atoms with Gasteiger partial charge in [0.2, 0.25) is 0 Å². The van der Waals surface area contributed by atoms with Crippen molar-refractivity contribution in [2.24, 2.45) is 0 Å². The Labute approximate surface area is 151 Å². The molecular formula is C19H15N3O2S. The Kier molecular flexibility index (Phi) is 4.78. The van der Waals surface area contributed by atoms with Gasteiger partial charge in [0.05, 0.1) is 5.69 Å². The summed E-state index contributed by atoms with van der Waals surface area (Å²) >= 11 is 5.43. The van der Waals surface area contributed by atoms with Gasteiger partial charge in [0.25, 0.3) is 5.91 Å². The van der Waals surface area contributed by atoms with Crippen LogP contribution in [0.2, 0.25) is 0 Å². The van der Waals surface area contributed by atoms with Crippen LogP contribution >= 0.6 is 12.2 Å². The number of thiocarbonyl (C=S) groups is 1. The average molecular weight is 349 g/mol. The lowest BCUT2D eigenvalue weighted by Gasteiger charge is -2.16. The second-order valence-corrected chi connectivity index (χ2v) is 5.70. The van der Waals surface area contributed by atoms with E-state index in [4.69, 9.17) is 22.2 Å². The van der Waals surface area contributed by atoms with Gasteiger partial charge in [-0.25, -0.2) is 0 Å². The van der Waals surface area contributed by atoms with Crippen LogP contribution in [-0.4, -0.2) is 29.6 Å². The average Bonchev–Trinajstić information content (AvgIpc) is 2.85. The summed E-state index contributed by atoms with van der Waals surface area (Å²) in [5.41, 5.74) is 1.88. The van der Waals surface area contributed by atoms with Crippen molar-refractivity contribution in [1.82, 2.24) is 4.90 Å². The van der Waals surface area contributed by atoms with Crippen molar-refractivity contribution in [2.75, 3.05) is 18.6 Å². The molecule has 0 N–H and O–H groups in total. The third kappa shape index (κ3) is 3.23. The van der Waals surface area contributed by atoms with E-state index in [1.807, 2.05) is 54.6 Å². The van der Waals surface area contributed by atoms with Crippen molar-refractivity contribution < 1.29 is 9.53 Å². The highest BCUT2D eigenvalue weighted by Gasteiger charge is 2.36. The molecule has 0 radical (unpaired) electrons. The molecule has 25 heavy (non-hydrogen) atoms. The minimum absolute atomic E-state index is 0.0570. The first kappa shape index (κ1) is 16.7. The predicted molar refractivity (Wildman–Crippen MR) is 99.8 cm³/mol. The molecule has 0 atom stereocenters. The number of benzene rings is 2. The predicted octanol–water partition coefficient (Wildman–Crippen LogP) is 3.19. The van der Waals surface area contributed by atoms with Crippen LogP contribution in [0.15, 0.2) is 60.3 Å². The number of carbonyl (C=O) groups excluding carboxylic acids is 1. The summed E-state index contributed by atoms with van der Waals surface area (Å²) in [6.45, 7) is -0.0570. The Morgan fingerprint density at radius 2 is 1.84 bits per heavy atom. The minimum atomic E-state index is -0.200. The van der Waals surface area contributed by atoms with Crippen molar-refractivity contribution in [3.8, 4) is 11.8 Å². The Bertz CT molecular complexity index is 887. The number of ether oxygens (including phenoxy) is 1. The molecule has 1 aliphatic heterocycles. The fourth-order valence-corrected chi connectivity index (χ4v) is 2.84.